The molecule has 0 aromatic heterocycles. The van der Waals surface area contributed by atoms with E-state index in [1.165, 1.54) is 12.1 Å². The molecule has 2 rings (SSSR count). The quantitative estimate of drug-likeness (QED) is 0.714. The van der Waals surface area contributed by atoms with Gasteiger partial charge in [-0.2, -0.15) is 0 Å². The summed E-state index contributed by atoms with van der Waals surface area (Å²) < 4.78 is 13.1. The molecule has 0 radical (unpaired) electrons. The molecule has 17 heavy (non-hydrogen) atoms. The largest absolute Gasteiger partial charge is 0.337 e. The van der Waals surface area contributed by atoms with E-state index in [4.69, 9.17) is 6.42 Å². The Morgan fingerprint density at radius 3 is 3.00 bits per heavy atom. The minimum Gasteiger partial charge on any atom is -0.337 e. The fraction of sp³-hybridized carbons (Fsp3) is 0.357. The Hall–Kier alpha value is -1.82. The van der Waals surface area contributed by atoms with Crippen molar-refractivity contribution < 1.29 is 9.18 Å². The Morgan fingerprint density at radius 2 is 2.35 bits per heavy atom. The second kappa shape index (κ2) is 4.58. The van der Waals surface area contributed by atoms with Crippen LogP contribution in [0, 0.1) is 31.0 Å². The average Bonchev–Trinajstić information content (AvgIpc) is 2.65. The van der Waals surface area contributed by atoms with Gasteiger partial charge in [0, 0.05) is 25.4 Å². The number of hydrogen-bond donors (Lipinski definition) is 0. The van der Waals surface area contributed by atoms with Crippen LogP contribution in [0.1, 0.15) is 17.5 Å². The SMILES string of the molecule is C#CC1CC(=O)N(Cc2cc(F)ccc2C)C1. The van der Waals surface area contributed by atoms with Crippen molar-refractivity contribution in [1.29, 1.82) is 0 Å². The maximum absolute atomic E-state index is 13.1. The van der Waals surface area contributed by atoms with Gasteiger partial charge in [-0.1, -0.05) is 6.07 Å². The number of hydrogen-bond acceptors (Lipinski definition) is 1. The molecule has 0 saturated carbocycles. The predicted octanol–water partition coefficient (Wildman–Crippen LogP) is 2.12. The van der Waals surface area contributed by atoms with Gasteiger partial charge in [0.15, 0.2) is 0 Å². The van der Waals surface area contributed by atoms with Crippen molar-refractivity contribution in [2.45, 2.75) is 19.9 Å². The third kappa shape index (κ3) is 2.47. The van der Waals surface area contributed by atoms with Crippen LogP contribution in [0.15, 0.2) is 18.2 Å². The van der Waals surface area contributed by atoms with E-state index in [2.05, 4.69) is 5.92 Å². The molecule has 1 aromatic rings. The first-order valence-electron chi connectivity index (χ1n) is 5.59. The van der Waals surface area contributed by atoms with Gasteiger partial charge in [0.25, 0.3) is 0 Å². The smallest absolute Gasteiger partial charge is 0.224 e. The standard InChI is InChI=1S/C14H14FNO/c1-3-11-6-14(17)16(8-11)9-12-7-13(15)5-4-10(12)2/h1,4-5,7,11H,6,8-9H2,2H3. The molecule has 0 bridgehead atoms. The van der Waals surface area contributed by atoms with E-state index in [1.807, 2.05) is 6.92 Å². The van der Waals surface area contributed by atoms with E-state index in [-0.39, 0.29) is 17.6 Å². The number of carbonyl (C=O) groups excluding carboxylic acids is 1. The molecule has 1 unspecified atom stereocenters. The predicted molar refractivity (Wildman–Crippen MR) is 63.5 cm³/mol. The van der Waals surface area contributed by atoms with Crippen molar-refractivity contribution in [1.82, 2.24) is 4.90 Å². The molecule has 2 nitrogen and oxygen atoms in total. The fourth-order valence-electron chi connectivity index (χ4n) is 2.05. The molecule has 1 aliphatic rings. The third-order valence-corrected chi connectivity index (χ3v) is 3.12. The number of benzene rings is 1. The van der Waals surface area contributed by atoms with Crippen molar-refractivity contribution in [3.63, 3.8) is 0 Å². The molecule has 1 aromatic carbocycles. The molecule has 88 valence electrons. The molecule has 0 spiro atoms. The second-order valence-electron chi connectivity index (χ2n) is 4.41. The van der Waals surface area contributed by atoms with Crippen molar-refractivity contribution in [3.8, 4) is 12.3 Å². The van der Waals surface area contributed by atoms with Crippen molar-refractivity contribution >= 4 is 5.91 Å². The van der Waals surface area contributed by atoms with Crippen LogP contribution >= 0.6 is 0 Å². The lowest BCUT2D eigenvalue weighted by Crippen LogP contribution is -2.25. The Balaban J connectivity index is 2.14. The topological polar surface area (TPSA) is 20.3 Å². The molecule has 1 aliphatic heterocycles. The second-order valence-corrected chi connectivity index (χ2v) is 4.41. The Bertz CT molecular complexity index is 489. The number of terminal acetylenes is 1. The first kappa shape index (κ1) is 11.7. The first-order valence-corrected chi connectivity index (χ1v) is 5.59. The van der Waals surface area contributed by atoms with E-state index in [0.29, 0.717) is 19.5 Å². The van der Waals surface area contributed by atoms with E-state index >= 15 is 0 Å². The summed E-state index contributed by atoms with van der Waals surface area (Å²) in [6, 6.07) is 4.63. The number of carbonyl (C=O) groups is 1. The highest BCUT2D eigenvalue weighted by Crippen LogP contribution is 2.21. The van der Waals surface area contributed by atoms with Gasteiger partial charge in [0.1, 0.15) is 5.82 Å². The van der Waals surface area contributed by atoms with Gasteiger partial charge >= 0.3 is 0 Å². The highest BCUT2D eigenvalue weighted by atomic mass is 19.1. The van der Waals surface area contributed by atoms with E-state index in [0.717, 1.165) is 11.1 Å². The zero-order chi connectivity index (χ0) is 12.4. The molecule has 3 heteroatoms. The van der Waals surface area contributed by atoms with Crippen LogP contribution in [0.3, 0.4) is 0 Å². The van der Waals surface area contributed by atoms with Gasteiger partial charge < -0.3 is 4.90 Å². The molecule has 1 fully saturated rings. The molecule has 1 atom stereocenters. The Kier molecular flexibility index (Phi) is 3.14. The summed E-state index contributed by atoms with van der Waals surface area (Å²) in [6.45, 7) is 2.93. The van der Waals surface area contributed by atoms with Crippen LogP contribution in [-0.4, -0.2) is 17.4 Å². The summed E-state index contributed by atoms with van der Waals surface area (Å²) in [6.07, 6.45) is 5.72. The molecule has 1 amide bonds. The van der Waals surface area contributed by atoms with E-state index in [1.54, 1.807) is 11.0 Å². The lowest BCUT2D eigenvalue weighted by Gasteiger charge is -2.17. The van der Waals surface area contributed by atoms with Crippen molar-refractivity contribution in [2.75, 3.05) is 6.54 Å². The molecule has 0 N–H and O–H groups in total. The molecular weight excluding hydrogens is 217 g/mol. The van der Waals surface area contributed by atoms with Crippen LogP contribution in [0.2, 0.25) is 0 Å². The molecule has 0 aliphatic carbocycles. The number of rotatable bonds is 2. The molecule has 1 saturated heterocycles. The van der Waals surface area contributed by atoms with Crippen molar-refractivity contribution in [2.24, 2.45) is 5.92 Å². The summed E-state index contributed by atoms with van der Waals surface area (Å²) >= 11 is 0. The van der Waals surface area contributed by atoms with Crippen LogP contribution < -0.4 is 0 Å². The van der Waals surface area contributed by atoms with Gasteiger partial charge in [-0.05, 0) is 30.2 Å². The maximum atomic E-state index is 13.1. The van der Waals surface area contributed by atoms with Crippen LogP contribution in [0.4, 0.5) is 4.39 Å². The van der Waals surface area contributed by atoms with Crippen LogP contribution in [-0.2, 0) is 11.3 Å². The lowest BCUT2D eigenvalue weighted by molar-refractivity contribution is -0.128. The van der Waals surface area contributed by atoms with Gasteiger partial charge in [-0.15, -0.1) is 12.3 Å². The maximum Gasteiger partial charge on any atom is 0.224 e. The summed E-state index contributed by atoms with van der Waals surface area (Å²) in [5, 5.41) is 0. The van der Waals surface area contributed by atoms with Gasteiger partial charge in [0.05, 0.1) is 0 Å². The molecule has 1 heterocycles. The summed E-state index contributed by atoms with van der Waals surface area (Å²) in [5.74, 6) is 2.38. The minimum atomic E-state index is -0.272. The third-order valence-electron chi connectivity index (χ3n) is 3.12. The minimum absolute atomic E-state index is 0.00337. The fourth-order valence-corrected chi connectivity index (χ4v) is 2.05. The zero-order valence-corrected chi connectivity index (χ0v) is 9.74. The summed E-state index contributed by atoms with van der Waals surface area (Å²) in [7, 11) is 0. The number of likely N-dealkylation sites (tertiary alicyclic amines) is 1. The van der Waals surface area contributed by atoms with Crippen LogP contribution in [0.5, 0.6) is 0 Å². The first-order chi connectivity index (χ1) is 8.10. The summed E-state index contributed by atoms with van der Waals surface area (Å²) in [4.78, 5) is 13.4. The number of nitrogens with zero attached hydrogens (tertiary/aromatic N) is 1. The van der Waals surface area contributed by atoms with E-state index in [9.17, 15) is 9.18 Å². The Morgan fingerprint density at radius 1 is 1.59 bits per heavy atom. The monoisotopic (exact) mass is 231 g/mol. The number of halogens is 1. The number of amides is 1. The number of aryl methyl sites for hydroxylation is 1. The normalized spacial score (nSPS) is 19.5. The Labute approximate surface area is 100 Å². The van der Waals surface area contributed by atoms with Gasteiger partial charge in [0.2, 0.25) is 5.91 Å². The highest BCUT2D eigenvalue weighted by Gasteiger charge is 2.28. The zero-order valence-electron chi connectivity index (χ0n) is 9.74. The molecular formula is C14H14FNO. The van der Waals surface area contributed by atoms with Crippen molar-refractivity contribution in [3.05, 3.63) is 35.1 Å². The average molecular weight is 231 g/mol. The summed E-state index contributed by atoms with van der Waals surface area (Å²) in [5.41, 5.74) is 1.83. The lowest BCUT2D eigenvalue weighted by atomic mass is 10.1. The van der Waals surface area contributed by atoms with E-state index < -0.39 is 0 Å². The van der Waals surface area contributed by atoms with Gasteiger partial charge in [-0.25, -0.2) is 4.39 Å². The van der Waals surface area contributed by atoms with Gasteiger partial charge in [-0.3, -0.25) is 4.79 Å². The highest BCUT2D eigenvalue weighted by molar-refractivity contribution is 5.79. The van der Waals surface area contributed by atoms with Crippen LogP contribution in [0.25, 0.3) is 0 Å².